The van der Waals surface area contributed by atoms with E-state index in [0.717, 1.165) is 12.8 Å². The van der Waals surface area contributed by atoms with Gasteiger partial charge in [0.2, 0.25) is 0 Å². The lowest BCUT2D eigenvalue weighted by atomic mass is 9.82. The van der Waals surface area contributed by atoms with Crippen molar-refractivity contribution >= 4 is 17.3 Å². The van der Waals surface area contributed by atoms with Gasteiger partial charge in [0.15, 0.2) is 0 Å². The standard InChI is InChI=1S/C15H23ClN4O/c1-3-20-15(21)14(16)13(9-17-20)18-10-7-11-5-4-6-12(8-10)19(11)2/h9-12,18H,3-8H2,1-2H3. The van der Waals surface area contributed by atoms with Crippen LogP contribution in [0, 0.1) is 0 Å². The van der Waals surface area contributed by atoms with Crippen molar-refractivity contribution in [2.75, 3.05) is 12.4 Å². The molecule has 2 fully saturated rings. The second kappa shape index (κ2) is 5.97. The fourth-order valence-corrected chi connectivity index (χ4v) is 3.95. The van der Waals surface area contributed by atoms with Crippen LogP contribution in [0.1, 0.15) is 39.0 Å². The van der Waals surface area contributed by atoms with E-state index in [0.29, 0.717) is 30.4 Å². The number of piperidine rings is 2. The Hall–Kier alpha value is -1.07. The van der Waals surface area contributed by atoms with E-state index >= 15 is 0 Å². The molecule has 2 atom stereocenters. The lowest BCUT2D eigenvalue weighted by molar-refractivity contribution is 0.0608. The molecule has 0 aliphatic carbocycles. The largest absolute Gasteiger partial charge is 0.380 e. The second-order valence-electron chi connectivity index (χ2n) is 6.21. The minimum Gasteiger partial charge on any atom is -0.380 e. The summed E-state index contributed by atoms with van der Waals surface area (Å²) in [7, 11) is 2.24. The van der Waals surface area contributed by atoms with Crippen LogP contribution in [0.5, 0.6) is 0 Å². The Labute approximate surface area is 130 Å². The van der Waals surface area contributed by atoms with E-state index in [1.807, 2.05) is 6.92 Å². The van der Waals surface area contributed by atoms with Crippen molar-refractivity contribution in [1.29, 1.82) is 0 Å². The quantitative estimate of drug-likeness (QED) is 0.931. The summed E-state index contributed by atoms with van der Waals surface area (Å²) in [6, 6.07) is 1.68. The van der Waals surface area contributed by atoms with E-state index in [1.165, 1.54) is 23.9 Å². The summed E-state index contributed by atoms with van der Waals surface area (Å²) < 4.78 is 1.39. The molecule has 2 bridgehead atoms. The lowest BCUT2D eigenvalue weighted by Gasteiger charge is -2.47. The maximum absolute atomic E-state index is 12.0. The Balaban J connectivity index is 1.76. The van der Waals surface area contributed by atoms with Crippen LogP contribution >= 0.6 is 11.6 Å². The average molecular weight is 311 g/mol. The smallest absolute Gasteiger partial charge is 0.287 e. The molecule has 0 radical (unpaired) electrons. The van der Waals surface area contributed by atoms with Crippen LogP contribution in [0.2, 0.25) is 5.02 Å². The molecule has 1 aromatic rings. The zero-order chi connectivity index (χ0) is 15.0. The van der Waals surface area contributed by atoms with Crippen molar-refractivity contribution in [3.05, 3.63) is 21.6 Å². The zero-order valence-electron chi connectivity index (χ0n) is 12.7. The molecule has 5 nitrogen and oxygen atoms in total. The van der Waals surface area contributed by atoms with Crippen LogP contribution < -0.4 is 10.9 Å². The van der Waals surface area contributed by atoms with Crippen molar-refractivity contribution in [1.82, 2.24) is 14.7 Å². The van der Waals surface area contributed by atoms with Crippen LogP contribution in [0.4, 0.5) is 5.69 Å². The number of fused-ring (bicyclic) bond motifs is 2. The van der Waals surface area contributed by atoms with Crippen LogP contribution in [0.15, 0.2) is 11.0 Å². The molecule has 1 aromatic heterocycles. The summed E-state index contributed by atoms with van der Waals surface area (Å²) in [6.07, 6.45) is 7.78. The van der Waals surface area contributed by atoms with E-state index in [9.17, 15) is 4.79 Å². The molecular weight excluding hydrogens is 288 g/mol. The topological polar surface area (TPSA) is 50.2 Å². The Morgan fingerprint density at radius 1 is 1.38 bits per heavy atom. The number of nitrogens with one attached hydrogen (secondary N) is 1. The highest BCUT2D eigenvalue weighted by molar-refractivity contribution is 6.32. The van der Waals surface area contributed by atoms with E-state index < -0.39 is 0 Å². The molecule has 3 rings (SSSR count). The number of rotatable bonds is 3. The third-order valence-corrected chi connectivity index (χ3v) is 5.35. The molecular formula is C15H23ClN4O. The minimum absolute atomic E-state index is 0.211. The third kappa shape index (κ3) is 2.81. The van der Waals surface area contributed by atoms with E-state index in [2.05, 4.69) is 22.4 Å². The highest BCUT2D eigenvalue weighted by Gasteiger charge is 2.36. The maximum Gasteiger partial charge on any atom is 0.287 e. The Morgan fingerprint density at radius 3 is 2.67 bits per heavy atom. The molecule has 2 aliphatic heterocycles. The number of aryl methyl sites for hydroxylation is 1. The third-order valence-electron chi connectivity index (χ3n) is 4.98. The molecule has 2 saturated heterocycles. The lowest BCUT2D eigenvalue weighted by Crippen LogP contribution is -2.52. The van der Waals surface area contributed by atoms with Gasteiger partial charge in [0.1, 0.15) is 5.02 Å². The van der Waals surface area contributed by atoms with Gasteiger partial charge in [0, 0.05) is 24.7 Å². The fraction of sp³-hybridized carbons (Fsp3) is 0.733. The molecule has 6 heteroatoms. The Kier molecular flexibility index (Phi) is 4.22. The zero-order valence-corrected chi connectivity index (χ0v) is 13.4. The van der Waals surface area contributed by atoms with Gasteiger partial charge in [-0.3, -0.25) is 4.79 Å². The van der Waals surface area contributed by atoms with Gasteiger partial charge in [0.05, 0.1) is 11.9 Å². The first kappa shape index (κ1) is 14.9. The Bertz CT molecular complexity index is 559. The monoisotopic (exact) mass is 310 g/mol. The summed E-state index contributed by atoms with van der Waals surface area (Å²) in [5, 5.41) is 7.87. The summed E-state index contributed by atoms with van der Waals surface area (Å²) in [5.41, 5.74) is 0.469. The molecule has 2 aliphatic rings. The number of anilines is 1. The van der Waals surface area contributed by atoms with Crippen molar-refractivity contribution in [3.63, 3.8) is 0 Å². The molecule has 3 heterocycles. The molecule has 2 unspecified atom stereocenters. The van der Waals surface area contributed by atoms with Gasteiger partial charge >= 0.3 is 0 Å². The van der Waals surface area contributed by atoms with Crippen molar-refractivity contribution in [3.8, 4) is 0 Å². The van der Waals surface area contributed by atoms with Crippen molar-refractivity contribution < 1.29 is 0 Å². The summed E-state index contributed by atoms with van der Waals surface area (Å²) >= 11 is 6.20. The van der Waals surface area contributed by atoms with Crippen LogP contribution in [-0.4, -0.2) is 39.9 Å². The second-order valence-corrected chi connectivity index (χ2v) is 6.59. The van der Waals surface area contributed by atoms with Crippen LogP contribution in [0.3, 0.4) is 0 Å². The first-order valence-corrected chi connectivity index (χ1v) is 8.22. The van der Waals surface area contributed by atoms with Gasteiger partial charge in [-0.15, -0.1) is 0 Å². The van der Waals surface area contributed by atoms with Gasteiger partial charge in [0.25, 0.3) is 5.56 Å². The first-order chi connectivity index (χ1) is 10.1. The molecule has 0 saturated carbocycles. The highest BCUT2D eigenvalue weighted by Crippen LogP contribution is 2.34. The molecule has 21 heavy (non-hydrogen) atoms. The number of aromatic nitrogens is 2. The van der Waals surface area contributed by atoms with Gasteiger partial charge in [-0.05, 0) is 39.7 Å². The van der Waals surface area contributed by atoms with Crippen LogP contribution in [0.25, 0.3) is 0 Å². The molecule has 0 spiro atoms. The number of nitrogens with zero attached hydrogens (tertiary/aromatic N) is 3. The van der Waals surface area contributed by atoms with Crippen LogP contribution in [-0.2, 0) is 6.54 Å². The van der Waals surface area contributed by atoms with Gasteiger partial charge in [-0.25, -0.2) is 4.68 Å². The van der Waals surface area contributed by atoms with E-state index in [-0.39, 0.29) is 10.6 Å². The molecule has 0 amide bonds. The minimum atomic E-state index is -0.211. The molecule has 1 N–H and O–H groups in total. The SMILES string of the molecule is CCn1ncc(NC2CC3CCCC(C2)N3C)c(Cl)c1=O. The average Bonchev–Trinajstić information content (AvgIpc) is 2.45. The normalized spacial score (nSPS) is 29.4. The maximum atomic E-state index is 12.0. The first-order valence-electron chi connectivity index (χ1n) is 7.84. The van der Waals surface area contributed by atoms with Crippen molar-refractivity contribution in [2.45, 2.75) is 63.7 Å². The number of halogens is 1. The molecule has 0 aromatic carbocycles. The fourth-order valence-electron chi connectivity index (χ4n) is 3.74. The summed E-state index contributed by atoms with van der Waals surface area (Å²) in [5.74, 6) is 0. The van der Waals surface area contributed by atoms with Gasteiger partial charge in [-0.2, -0.15) is 5.10 Å². The van der Waals surface area contributed by atoms with Crippen molar-refractivity contribution in [2.24, 2.45) is 0 Å². The van der Waals surface area contributed by atoms with E-state index in [4.69, 9.17) is 11.6 Å². The number of hydrogen-bond acceptors (Lipinski definition) is 4. The predicted molar refractivity (Wildman–Crippen MR) is 85.0 cm³/mol. The Morgan fingerprint density at radius 2 is 2.05 bits per heavy atom. The van der Waals surface area contributed by atoms with E-state index in [1.54, 1.807) is 6.20 Å². The highest BCUT2D eigenvalue weighted by atomic mass is 35.5. The summed E-state index contributed by atoms with van der Waals surface area (Å²) in [6.45, 7) is 2.42. The van der Waals surface area contributed by atoms with Gasteiger partial charge < -0.3 is 10.2 Å². The predicted octanol–water partition coefficient (Wildman–Crippen LogP) is 2.34. The molecule has 116 valence electrons. The van der Waals surface area contributed by atoms with Gasteiger partial charge in [-0.1, -0.05) is 18.0 Å². The number of hydrogen-bond donors (Lipinski definition) is 1. The summed E-state index contributed by atoms with van der Waals surface area (Å²) in [4.78, 5) is 14.6.